The number of likely N-dealkylation sites (tertiary alicyclic amines) is 1. The second kappa shape index (κ2) is 34.8. The van der Waals surface area contributed by atoms with Gasteiger partial charge >= 0.3 is 5.97 Å². The van der Waals surface area contributed by atoms with E-state index in [1.807, 2.05) is 66.6 Å². The van der Waals surface area contributed by atoms with Crippen LogP contribution in [0.3, 0.4) is 0 Å². The summed E-state index contributed by atoms with van der Waals surface area (Å²) in [5, 5.41) is 11.2. The van der Waals surface area contributed by atoms with Gasteiger partial charge in [0.25, 0.3) is 27.8 Å². The Kier molecular flexibility index (Phi) is 28.4. The smallest absolute Gasteiger partial charge is 0.338 e. The van der Waals surface area contributed by atoms with Gasteiger partial charge in [0.2, 0.25) is 29.5 Å². The van der Waals surface area contributed by atoms with E-state index < -0.39 is 98.7 Å². The van der Waals surface area contributed by atoms with Crippen molar-refractivity contribution in [1.82, 2.24) is 35.6 Å². The van der Waals surface area contributed by atoms with E-state index in [9.17, 15) is 56.1 Å². The summed E-state index contributed by atoms with van der Waals surface area (Å²) in [6.07, 6.45) is 3.30. The summed E-state index contributed by atoms with van der Waals surface area (Å²) in [6, 6.07) is 15.7. The number of nitrogens with zero attached hydrogens (tertiary/aromatic N) is 5. The summed E-state index contributed by atoms with van der Waals surface area (Å²) in [7, 11) is 3.46. The third-order valence-corrected chi connectivity index (χ3v) is 18.1. The van der Waals surface area contributed by atoms with E-state index in [0.717, 1.165) is 17.0 Å². The van der Waals surface area contributed by atoms with Gasteiger partial charge in [0.15, 0.2) is 0 Å². The highest BCUT2D eigenvalue weighted by Gasteiger charge is 2.44. The molecule has 0 aromatic heterocycles. The van der Waals surface area contributed by atoms with Crippen LogP contribution in [0, 0.1) is 23.7 Å². The lowest BCUT2D eigenvalue weighted by Crippen LogP contribution is -2.59. The fourth-order valence-corrected chi connectivity index (χ4v) is 12.7. The predicted molar refractivity (Wildman–Crippen MR) is 348 cm³/mol. The molecule has 1 fully saturated rings. The molecule has 92 heavy (non-hydrogen) atoms. The second-order valence-electron chi connectivity index (χ2n) is 24.7. The van der Waals surface area contributed by atoms with E-state index in [1.165, 1.54) is 44.6 Å². The molecule has 24 nitrogen and oxygen atoms in total. The highest BCUT2D eigenvalue weighted by Crippen LogP contribution is 2.31. The number of carbonyl (C=O) groups excluding carboxylic acids is 9. The van der Waals surface area contributed by atoms with Crippen molar-refractivity contribution in [2.75, 3.05) is 60.4 Å². The molecule has 2 aliphatic heterocycles. The highest BCUT2D eigenvalue weighted by atomic mass is 32.2. The van der Waals surface area contributed by atoms with Gasteiger partial charge in [0.1, 0.15) is 23.7 Å². The van der Waals surface area contributed by atoms with Gasteiger partial charge in [-0.25, -0.2) is 4.79 Å². The van der Waals surface area contributed by atoms with Gasteiger partial charge in [-0.2, -0.15) is 8.42 Å². The first-order valence-corrected chi connectivity index (χ1v) is 32.9. The number of hydrogen-bond acceptors (Lipinski definition) is 16. The number of unbranched alkanes of at least 4 members (excludes halogenated alkanes) is 2. The molecular formula is C67H95N9O15S. The Labute approximate surface area is 541 Å². The monoisotopic (exact) mass is 1300 g/mol. The van der Waals surface area contributed by atoms with Gasteiger partial charge in [-0.1, -0.05) is 104 Å². The number of rotatable bonds is 34. The van der Waals surface area contributed by atoms with E-state index in [0.29, 0.717) is 61.9 Å². The van der Waals surface area contributed by atoms with Gasteiger partial charge < -0.3 is 45.3 Å². The van der Waals surface area contributed by atoms with Crippen molar-refractivity contribution in [2.24, 2.45) is 28.7 Å². The number of benzene rings is 3. The lowest BCUT2D eigenvalue weighted by atomic mass is 9.89. The minimum Gasteiger partial charge on any atom is -0.452 e. The molecule has 5 rings (SSSR count). The molecule has 0 spiro atoms. The molecule has 3 aromatic rings. The summed E-state index contributed by atoms with van der Waals surface area (Å²) < 4.78 is 53.2. The number of likely N-dealkylation sites (N-methyl/N-ethyl adjacent to an activating group) is 2. The van der Waals surface area contributed by atoms with E-state index in [2.05, 4.69) is 26.3 Å². The van der Waals surface area contributed by atoms with Crippen molar-refractivity contribution in [3.63, 3.8) is 0 Å². The molecule has 2 heterocycles. The van der Waals surface area contributed by atoms with Crippen LogP contribution in [0.5, 0.6) is 0 Å². The maximum Gasteiger partial charge on any atom is 0.338 e. The topological polar surface area (TPSA) is 309 Å². The number of nitrogens with one attached hydrogen (secondary N) is 4. The van der Waals surface area contributed by atoms with Crippen molar-refractivity contribution in [3.05, 3.63) is 107 Å². The normalized spacial score (nSPS) is 17.4. The number of carbonyl (C=O) groups is 9. The molecule has 8 amide bonds. The molecule has 504 valence electrons. The van der Waals surface area contributed by atoms with Crippen molar-refractivity contribution in [2.45, 2.75) is 167 Å². The molecule has 2 aliphatic rings. The second-order valence-corrected chi connectivity index (χ2v) is 26.1. The maximum atomic E-state index is 14.6. The lowest BCUT2D eigenvalue weighted by molar-refractivity contribution is -0.148. The first-order valence-electron chi connectivity index (χ1n) is 31.4. The molecule has 1 unspecified atom stereocenters. The zero-order valence-electron chi connectivity index (χ0n) is 55.6. The van der Waals surface area contributed by atoms with Crippen molar-refractivity contribution < 1.29 is 70.3 Å². The number of methoxy groups -OCH3 is 2. The number of anilines is 1. The molecule has 3 aromatic carbocycles. The Morgan fingerprint density at radius 1 is 0.793 bits per heavy atom. The van der Waals surface area contributed by atoms with Crippen LogP contribution in [0.25, 0.3) is 0 Å². The van der Waals surface area contributed by atoms with Crippen LogP contribution in [0.15, 0.2) is 94.8 Å². The van der Waals surface area contributed by atoms with E-state index in [4.69, 9.17) is 14.2 Å². The molecule has 0 aliphatic carbocycles. The number of esters is 1. The molecule has 10 atom stereocenters. The van der Waals surface area contributed by atoms with Crippen LogP contribution in [0.2, 0.25) is 0 Å². The molecular weight excluding hydrogens is 1200 g/mol. The summed E-state index contributed by atoms with van der Waals surface area (Å²) in [5.74, 6) is -5.07. The summed E-state index contributed by atoms with van der Waals surface area (Å²) in [6.45, 7) is 17.2. The Hall–Kier alpha value is -7.71. The van der Waals surface area contributed by atoms with Crippen molar-refractivity contribution >= 4 is 74.7 Å². The zero-order valence-corrected chi connectivity index (χ0v) is 56.4. The van der Waals surface area contributed by atoms with Gasteiger partial charge in [0.05, 0.1) is 59.8 Å². The number of amides is 8. The van der Waals surface area contributed by atoms with Crippen LogP contribution < -0.4 is 21.3 Å². The number of aliphatic imine (C=N–C) groups is 1. The zero-order chi connectivity index (χ0) is 68.3. The average Bonchev–Trinajstić information content (AvgIpc) is 1.02. The minimum atomic E-state index is -4.95. The largest absolute Gasteiger partial charge is 0.452 e. The van der Waals surface area contributed by atoms with Crippen molar-refractivity contribution in [1.29, 1.82) is 0 Å². The Morgan fingerprint density at radius 3 is 2.01 bits per heavy atom. The molecule has 0 radical (unpaired) electrons. The maximum absolute atomic E-state index is 14.6. The first-order chi connectivity index (χ1) is 43.4. The minimum absolute atomic E-state index is 0.00425. The quantitative estimate of drug-likeness (QED) is 0.0138. The van der Waals surface area contributed by atoms with Gasteiger partial charge in [-0.05, 0) is 113 Å². The van der Waals surface area contributed by atoms with Crippen LogP contribution >= 0.6 is 0 Å². The van der Waals surface area contributed by atoms with Crippen LogP contribution in [-0.4, -0.2) is 189 Å². The third-order valence-electron chi connectivity index (χ3n) is 17.2. The molecule has 0 bridgehead atoms. The number of ether oxygens (including phenoxy) is 3. The van der Waals surface area contributed by atoms with Gasteiger partial charge in [0, 0.05) is 64.3 Å². The van der Waals surface area contributed by atoms with Crippen molar-refractivity contribution in [3.8, 4) is 0 Å². The molecule has 1 saturated heterocycles. The number of hydrogen-bond donors (Lipinski definition) is 5. The highest BCUT2D eigenvalue weighted by molar-refractivity contribution is 7.86. The fourth-order valence-electron chi connectivity index (χ4n) is 12.0. The third kappa shape index (κ3) is 20.1. The van der Waals surface area contributed by atoms with Gasteiger partial charge in [-0.3, -0.25) is 57.7 Å². The summed E-state index contributed by atoms with van der Waals surface area (Å²) >= 11 is 0. The van der Waals surface area contributed by atoms with E-state index in [1.54, 1.807) is 74.0 Å². The fraction of sp³-hybridized carbons (Fsp3) is 0.552. The standard InChI is InChI=1S/C67H95N9O15S/c1-15-42(6)60(74(12)66(84)58(40(2)3)72-65(83)59(41(4)5)73(10)11)52(89-13)38-57(80)75-36-22-25-51(75)61(90-14)43(7)63(81)70-45(9)62(47-23-18-16-19-24-47)91-67(85)48-29-27-46(28-30-48)44(8)68-39-69-64(82)50-32-31-49(37-53(50)92(86,87)88)71-54(77)26-20-17-21-35-76-55(78)33-34-56(76)79/h16,18-19,23-24,27-34,37,40-43,45,51-52,58-62H,15,17,20-22,25-26,35-36,38-39H2,1-14H3,(H,69,82)(H,70,81)(H,71,77)(H,72,83)(H,86,87,88)/b68-44-/t42-,43+,45+,51-,52+,58-,59?,60-,61+,62+/m0/s1. The summed E-state index contributed by atoms with van der Waals surface area (Å²) in [5.41, 5.74) is 1.42. The molecule has 0 saturated carbocycles. The first kappa shape index (κ1) is 75.0. The van der Waals surface area contributed by atoms with E-state index >= 15 is 0 Å². The van der Waals surface area contributed by atoms with Crippen LogP contribution in [-0.2, 0) is 57.9 Å². The Bertz CT molecular complexity index is 3220. The van der Waals surface area contributed by atoms with Gasteiger partial charge in [-0.15, -0.1) is 0 Å². The lowest BCUT2D eigenvalue weighted by Gasteiger charge is -2.41. The average molecular weight is 1300 g/mol. The SMILES string of the molecule is CC[C@H](C)[C@@H]([C@@H](CC(=O)N1CCC[C@H]1[C@H](OC)[C@@H](C)C(=O)N[C@H](C)[C@@H](OC(=O)c1ccc(/C(C)=N\CNC(=O)c2ccc(NC(=O)CCCCCN3C(=O)C=CC3=O)cc2S(=O)(=O)O)cc1)c1ccccc1)OC)N(C)C(=O)[C@@H](NC(=O)C(C(C)C)N(C)C)C(C)C. The number of imide groups is 1. The predicted octanol–water partition coefficient (Wildman–Crippen LogP) is 6.60. The van der Waals surface area contributed by atoms with Crippen LogP contribution in [0.1, 0.15) is 152 Å². The summed E-state index contributed by atoms with van der Waals surface area (Å²) in [4.78, 5) is 130. The Balaban J connectivity index is 1.20. The molecule has 25 heteroatoms. The van der Waals surface area contributed by atoms with E-state index in [-0.39, 0.29) is 84.6 Å². The van der Waals surface area contributed by atoms with Crippen LogP contribution in [0.4, 0.5) is 5.69 Å². The molecule has 5 N–H and O–H groups in total. The Morgan fingerprint density at radius 2 is 1.43 bits per heavy atom.